The number of nitrogens with one attached hydrogen (secondary N) is 2. The second kappa shape index (κ2) is 13.6. The summed E-state index contributed by atoms with van der Waals surface area (Å²) in [4.78, 5) is 37.8. The Morgan fingerprint density at radius 1 is 1.17 bits per heavy atom. The van der Waals surface area contributed by atoms with Crippen LogP contribution in [0.2, 0.25) is 0 Å². The van der Waals surface area contributed by atoms with Gasteiger partial charge in [-0.05, 0) is 63.5 Å². The minimum absolute atomic E-state index is 0.0276. The number of carbonyl (C=O) groups is 3. The fraction of sp³-hybridized carbons (Fsp3) is 0.864. The summed E-state index contributed by atoms with van der Waals surface area (Å²) >= 11 is 0. The fourth-order valence-electron chi connectivity index (χ4n) is 4.12. The molecule has 2 saturated heterocycles. The Morgan fingerprint density at radius 2 is 1.83 bits per heavy atom. The lowest BCUT2D eigenvalue weighted by atomic mass is 9.86. The van der Waals surface area contributed by atoms with E-state index in [1.165, 1.54) is 12.8 Å². The van der Waals surface area contributed by atoms with Gasteiger partial charge in [-0.1, -0.05) is 27.7 Å². The molecule has 2 rings (SSSR count). The first-order valence-corrected chi connectivity index (χ1v) is 11.4. The van der Waals surface area contributed by atoms with E-state index < -0.39 is 12.0 Å². The van der Waals surface area contributed by atoms with Gasteiger partial charge in [0.1, 0.15) is 0 Å². The molecule has 7 nitrogen and oxygen atoms in total. The third kappa shape index (κ3) is 9.15. The molecule has 7 heteroatoms. The summed E-state index contributed by atoms with van der Waals surface area (Å²) in [5.74, 6) is -0.338. The van der Waals surface area contributed by atoms with Gasteiger partial charge in [-0.15, -0.1) is 0 Å². The zero-order valence-corrected chi connectivity index (χ0v) is 18.7. The molecule has 0 bridgehead atoms. The van der Waals surface area contributed by atoms with E-state index in [9.17, 15) is 14.4 Å². The van der Waals surface area contributed by atoms with E-state index in [4.69, 9.17) is 5.11 Å². The molecule has 0 aromatic heterocycles. The molecule has 0 spiro atoms. The van der Waals surface area contributed by atoms with Crippen LogP contribution in [0.4, 0.5) is 0 Å². The van der Waals surface area contributed by atoms with Crippen molar-refractivity contribution < 1.29 is 19.5 Å². The highest BCUT2D eigenvalue weighted by Gasteiger charge is 2.31. The van der Waals surface area contributed by atoms with Gasteiger partial charge < -0.3 is 20.6 Å². The SMILES string of the molecule is CC.CC(C)C(CC(=O)O)NC(=O)CN1CCCC(CCC2CCNCC2)C1=O. The topological polar surface area (TPSA) is 98.7 Å². The fourth-order valence-corrected chi connectivity index (χ4v) is 4.12. The smallest absolute Gasteiger partial charge is 0.305 e. The maximum absolute atomic E-state index is 12.8. The second-order valence-electron chi connectivity index (χ2n) is 8.39. The Labute approximate surface area is 176 Å². The largest absolute Gasteiger partial charge is 0.481 e. The van der Waals surface area contributed by atoms with Crippen molar-refractivity contribution in [2.45, 2.75) is 78.7 Å². The molecule has 3 N–H and O–H groups in total. The number of carboxylic acids is 1. The van der Waals surface area contributed by atoms with Gasteiger partial charge in [0.15, 0.2) is 0 Å². The van der Waals surface area contributed by atoms with Gasteiger partial charge in [-0.3, -0.25) is 14.4 Å². The molecule has 2 unspecified atom stereocenters. The third-order valence-corrected chi connectivity index (χ3v) is 5.90. The number of piperidine rings is 2. The summed E-state index contributed by atoms with van der Waals surface area (Å²) < 4.78 is 0. The Balaban J connectivity index is 0.00000204. The first-order valence-electron chi connectivity index (χ1n) is 11.4. The molecule has 0 aromatic carbocycles. The van der Waals surface area contributed by atoms with Gasteiger partial charge in [-0.25, -0.2) is 0 Å². The molecule has 0 radical (unpaired) electrons. The highest BCUT2D eigenvalue weighted by molar-refractivity contribution is 5.86. The second-order valence-corrected chi connectivity index (χ2v) is 8.39. The number of carbonyl (C=O) groups excluding carboxylic acids is 2. The quantitative estimate of drug-likeness (QED) is 0.542. The molecule has 2 heterocycles. The lowest BCUT2D eigenvalue weighted by molar-refractivity contribution is -0.143. The number of likely N-dealkylation sites (tertiary alicyclic amines) is 1. The van der Waals surface area contributed by atoms with Crippen LogP contribution in [-0.2, 0) is 14.4 Å². The molecule has 2 fully saturated rings. The predicted octanol–water partition coefficient (Wildman–Crippen LogP) is 2.65. The van der Waals surface area contributed by atoms with Crippen LogP contribution in [-0.4, -0.2) is 60.0 Å². The van der Waals surface area contributed by atoms with Crippen molar-refractivity contribution in [1.29, 1.82) is 0 Å². The third-order valence-electron chi connectivity index (χ3n) is 5.90. The summed E-state index contributed by atoms with van der Waals surface area (Å²) in [6, 6.07) is -0.411. The Morgan fingerprint density at radius 3 is 2.41 bits per heavy atom. The first-order chi connectivity index (χ1) is 13.9. The number of hydrogen-bond donors (Lipinski definition) is 3. The highest BCUT2D eigenvalue weighted by atomic mass is 16.4. The number of carboxylic acid groups (broad SMARTS) is 1. The number of rotatable bonds is 9. The van der Waals surface area contributed by atoms with E-state index in [1.54, 1.807) is 4.90 Å². The van der Waals surface area contributed by atoms with Gasteiger partial charge in [0.05, 0.1) is 13.0 Å². The molecule has 0 saturated carbocycles. The summed E-state index contributed by atoms with van der Waals surface area (Å²) in [6.45, 7) is 10.6. The van der Waals surface area contributed by atoms with Crippen LogP contribution in [0.5, 0.6) is 0 Å². The van der Waals surface area contributed by atoms with Gasteiger partial charge in [0, 0.05) is 18.5 Å². The van der Waals surface area contributed by atoms with E-state index in [-0.39, 0.29) is 36.6 Å². The van der Waals surface area contributed by atoms with Crippen LogP contribution in [0, 0.1) is 17.8 Å². The standard InChI is InChI=1S/C20H35N3O4.C2H6/c1-14(2)17(12-19(25)26)22-18(24)13-23-11-3-4-16(20(23)27)6-5-15-7-9-21-10-8-15;1-2/h14-17,21H,3-13H2,1-2H3,(H,22,24)(H,25,26);1-2H3. The van der Waals surface area contributed by atoms with Crippen LogP contribution in [0.1, 0.15) is 72.6 Å². The van der Waals surface area contributed by atoms with Crippen molar-refractivity contribution in [3.63, 3.8) is 0 Å². The predicted molar refractivity (Wildman–Crippen MR) is 115 cm³/mol. The zero-order valence-electron chi connectivity index (χ0n) is 18.7. The van der Waals surface area contributed by atoms with E-state index in [0.29, 0.717) is 12.5 Å². The summed E-state index contributed by atoms with van der Waals surface area (Å²) in [7, 11) is 0. The van der Waals surface area contributed by atoms with Crippen LogP contribution >= 0.6 is 0 Å². The molecule has 2 amide bonds. The molecule has 2 aliphatic rings. The van der Waals surface area contributed by atoms with Crippen LogP contribution in [0.25, 0.3) is 0 Å². The minimum Gasteiger partial charge on any atom is -0.481 e. The highest BCUT2D eigenvalue weighted by Crippen LogP contribution is 2.27. The van der Waals surface area contributed by atoms with Gasteiger partial charge in [0.25, 0.3) is 0 Å². The Bertz CT molecular complexity index is 518. The molecular weight excluding hydrogens is 370 g/mol. The maximum Gasteiger partial charge on any atom is 0.305 e. The summed E-state index contributed by atoms with van der Waals surface area (Å²) in [6.07, 6.45) is 6.12. The maximum atomic E-state index is 12.8. The van der Waals surface area contributed by atoms with Crippen molar-refractivity contribution in [3.8, 4) is 0 Å². The van der Waals surface area contributed by atoms with Gasteiger partial charge >= 0.3 is 5.97 Å². The van der Waals surface area contributed by atoms with Crippen molar-refractivity contribution >= 4 is 17.8 Å². The van der Waals surface area contributed by atoms with E-state index in [2.05, 4.69) is 10.6 Å². The number of hydrogen-bond acceptors (Lipinski definition) is 4. The van der Waals surface area contributed by atoms with E-state index >= 15 is 0 Å². The van der Waals surface area contributed by atoms with E-state index in [0.717, 1.165) is 38.8 Å². The summed E-state index contributed by atoms with van der Waals surface area (Å²) in [5.41, 5.74) is 0. The molecule has 0 aromatic rings. The van der Waals surface area contributed by atoms with Crippen LogP contribution in [0.3, 0.4) is 0 Å². The Hall–Kier alpha value is -1.63. The molecule has 0 aliphatic carbocycles. The van der Waals surface area contributed by atoms with Gasteiger partial charge in [0.2, 0.25) is 11.8 Å². The molecule has 168 valence electrons. The normalized spacial score (nSPS) is 21.3. The van der Waals surface area contributed by atoms with Gasteiger partial charge in [-0.2, -0.15) is 0 Å². The van der Waals surface area contributed by atoms with Crippen molar-refractivity contribution in [3.05, 3.63) is 0 Å². The van der Waals surface area contributed by atoms with Crippen LogP contribution < -0.4 is 10.6 Å². The van der Waals surface area contributed by atoms with Crippen LogP contribution in [0.15, 0.2) is 0 Å². The first kappa shape index (κ1) is 25.4. The number of aliphatic carboxylic acids is 1. The van der Waals surface area contributed by atoms with Crippen molar-refractivity contribution in [2.75, 3.05) is 26.2 Å². The molecular formula is C22H41N3O4. The van der Waals surface area contributed by atoms with E-state index in [1.807, 2.05) is 27.7 Å². The summed E-state index contributed by atoms with van der Waals surface area (Å²) in [5, 5.41) is 15.2. The van der Waals surface area contributed by atoms with Crippen molar-refractivity contribution in [1.82, 2.24) is 15.5 Å². The molecule has 29 heavy (non-hydrogen) atoms. The lowest BCUT2D eigenvalue weighted by Gasteiger charge is -2.33. The molecule has 2 atom stereocenters. The average Bonchev–Trinajstić information content (AvgIpc) is 2.70. The zero-order chi connectivity index (χ0) is 21.8. The monoisotopic (exact) mass is 411 g/mol. The number of nitrogens with zero attached hydrogens (tertiary/aromatic N) is 1. The number of amides is 2. The lowest BCUT2D eigenvalue weighted by Crippen LogP contribution is -2.49. The Kier molecular flexibility index (Phi) is 11.9. The van der Waals surface area contributed by atoms with Crippen molar-refractivity contribution in [2.24, 2.45) is 17.8 Å². The average molecular weight is 412 g/mol. The molecule has 2 aliphatic heterocycles. The minimum atomic E-state index is -0.930.